The third kappa shape index (κ3) is 7.79. The summed E-state index contributed by atoms with van der Waals surface area (Å²) in [7, 11) is 0. The number of hydrogen-bond acceptors (Lipinski definition) is 4. The van der Waals surface area contributed by atoms with Crippen molar-refractivity contribution in [2.45, 2.75) is 96.4 Å². The van der Waals surface area contributed by atoms with Gasteiger partial charge in [0.1, 0.15) is 0 Å². The molecule has 0 aromatic heterocycles. The van der Waals surface area contributed by atoms with E-state index in [1.165, 1.54) is 19.3 Å². The fraction of sp³-hybridized carbons (Fsp3) is 0.895. The van der Waals surface area contributed by atoms with E-state index in [0.717, 1.165) is 51.7 Å². The summed E-state index contributed by atoms with van der Waals surface area (Å²) in [6.45, 7) is 5.87. The Morgan fingerprint density at radius 1 is 0.957 bits per heavy atom. The molecule has 2 unspecified atom stereocenters. The monoisotopic (exact) mass is 326 g/mol. The summed E-state index contributed by atoms with van der Waals surface area (Å²) < 4.78 is 23.4. The number of hydrogen-bond donors (Lipinski definition) is 0. The van der Waals surface area contributed by atoms with Crippen LogP contribution in [0.15, 0.2) is 12.2 Å². The van der Waals surface area contributed by atoms with E-state index >= 15 is 0 Å². The van der Waals surface area contributed by atoms with Crippen molar-refractivity contribution < 1.29 is 18.9 Å². The van der Waals surface area contributed by atoms with Crippen LogP contribution in [0.3, 0.4) is 0 Å². The molecule has 4 atom stereocenters. The van der Waals surface area contributed by atoms with Gasteiger partial charge >= 0.3 is 0 Å². The molecule has 0 radical (unpaired) electrons. The molecule has 2 aliphatic heterocycles. The number of rotatable bonds is 9. The first-order chi connectivity index (χ1) is 11.3. The third-order valence-corrected chi connectivity index (χ3v) is 4.49. The summed E-state index contributed by atoms with van der Waals surface area (Å²) in [5.74, 6) is 0. The van der Waals surface area contributed by atoms with Gasteiger partial charge in [0.05, 0.1) is 12.2 Å². The van der Waals surface area contributed by atoms with Crippen molar-refractivity contribution in [1.29, 1.82) is 0 Å². The van der Waals surface area contributed by atoms with Gasteiger partial charge in [-0.3, -0.25) is 0 Å². The quantitative estimate of drug-likeness (QED) is 0.581. The fourth-order valence-corrected chi connectivity index (χ4v) is 3.19. The summed E-state index contributed by atoms with van der Waals surface area (Å²) in [6, 6.07) is 0. The standard InChI is InChI=1S/C19H34O4/c1-3-9-17(23-19-13-5-7-15-21-19)11-8-10-16(2)22-18-12-4-6-14-20-18/h3,9,16-19H,4-8,10-15H2,1-2H3/b9-3+/t16-,17-,18?,19?/m0/s1. The maximum Gasteiger partial charge on any atom is 0.158 e. The largest absolute Gasteiger partial charge is 0.353 e. The molecule has 0 aromatic carbocycles. The van der Waals surface area contributed by atoms with Crippen molar-refractivity contribution in [3.8, 4) is 0 Å². The summed E-state index contributed by atoms with van der Waals surface area (Å²) in [5.41, 5.74) is 0. The summed E-state index contributed by atoms with van der Waals surface area (Å²) in [4.78, 5) is 0. The van der Waals surface area contributed by atoms with Crippen LogP contribution in [0.1, 0.15) is 71.6 Å². The Morgan fingerprint density at radius 2 is 1.61 bits per heavy atom. The van der Waals surface area contributed by atoms with Crippen LogP contribution >= 0.6 is 0 Å². The van der Waals surface area contributed by atoms with Gasteiger partial charge in [0, 0.05) is 13.2 Å². The van der Waals surface area contributed by atoms with Crippen LogP contribution in [0.5, 0.6) is 0 Å². The molecule has 0 N–H and O–H groups in total. The second-order valence-electron chi connectivity index (χ2n) is 6.67. The van der Waals surface area contributed by atoms with Crippen LogP contribution < -0.4 is 0 Å². The van der Waals surface area contributed by atoms with Gasteiger partial charge in [-0.15, -0.1) is 0 Å². The molecule has 0 spiro atoms. The van der Waals surface area contributed by atoms with Crippen LogP contribution in [0.4, 0.5) is 0 Å². The first-order valence-electron chi connectivity index (χ1n) is 9.45. The van der Waals surface area contributed by atoms with Gasteiger partial charge in [0.15, 0.2) is 12.6 Å². The zero-order valence-corrected chi connectivity index (χ0v) is 14.9. The van der Waals surface area contributed by atoms with E-state index in [2.05, 4.69) is 19.1 Å². The molecule has 4 heteroatoms. The molecule has 0 aromatic rings. The molecule has 134 valence electrons. The molecule has 2 saturated heterocycles. The highest BCUT2D eigenvalue weighted by molar-refractivity contribution is 4.87. The van der Waals surface area contributed by atoms with E-state index in [1.807, 2.05) is 6.92 Å². The Morgan fingerprint density at radius 3 is 2.17 bits per heavy atom. The van der Waals surface area contributed by atoms with Crippen LogP contribution in [-0.4, -0.2) is 38.0 Å². The Balaban J connectivity index is 1.62. The average molecular weight is 326 g/mol. The first kappa shape index (κ1) is 18.9. The molecular formula is C19H34O4. The number of ether oxygens (including phenoxy) is 4. The lowest BCUT2D eigenvalue weighted by Crippen LogP contribution is -2.28. The van der Waals surface area contributed by atoms with E-state index in [4.69, 9.17) is 18.9 Å². The second-order valence-corrected chi connectivity index (χ2v) is 6.67. The third-order valence-electron chi connectivity index (χ3n) is 4.49. The van der Waals surface area contributed by atoms with Crippen molar-refractivity contribution in [3.05, 3.63) is 12.2 Å². The van der Waals surface area contributed by atoms with Crippen LogP contribution in [0.2, 0.25) is 0 Å². The van der Waals surface area contributed by atoms with E-state index < -0.39 is 0 Å². The first-order valence-corrected chi connectivity index (χ1v) is 9.45. The van der Waals surface area contributed by atoms with Crippen LogP contribution in [-0.2, 0) is 18.9 Å². The second kappa shape index (κ2) is 11.2. The predicted octanol–water partition coefficient (Wildman–Crippen LogP) is 4.58. The Hall–Kier alpha value is -0.420. The van der Waals surface area contributed by atoms with Crippen molar-refractivity contribution in [1.82, 2.24) is 0 Å². The van der Waals surface area contributed by atoms with E-state index in [0.29, 0.717) is 0 Å². The summed E-state index contributed by atoms with van der Waals surface area (Å²) in [6.07, 6.45) is 14.6. The van der Waals surface area contributed by atoms with Gasteiger partial charge in [-0.1, -0.05) is 12.2 Å². The van der Waals surface area contributed by atoms with Gasteiger partial charge in [-0.25, -0.2) is 0 Å². The minimum Gasteiger partial charge on any atom is -0.353 e. The van der Waals surface area contributed by atoms with Gasteiger partial charge in [-0.05, 0) is 71.6 Å². The zero-order chi connectivity index (χ0) is 16.3. The van der Waals surface area contributed by atoms with Gasteiger partial charge in [-0.2, -0.15) is 0 Å². The Bertz CT molecular complexity index is 319. The van der Waals surface area contributed by atoms with Crippen molar-refractivity contribution in [3.63, 3.8) is 0 Å². The van der Waals surface area contributed by atoms with Crippen LogP contribution in [0.25, 0.3) is 0 Å². The summed E-state index contributed by atoms with van der Waals surface area (Å²) >= 11 is 0. The Labute approximate surface area is 141 Å². The average Bonchev–Trinajstić information content (AvgIpc) is 2.57. The smallest absolute Gasteiger partial charge is 0.158 e. The van der Waals surface area contributed by atoms with Crippen molar-refractivity contribution >= 4 is 0 Å². The molecule has 2 heterocycles. The predicted molar refractivity (Wildman–Crippen MR) is 91.3 cm³/mol. The Kier molecular flexibility index (Phi) is 9.20. The van der Waals surface area contributed by atoms with Crippen molar-refractivity contribution in [2.24, 2.45) is 0 Å². The molecule has 0 aliphatic carbocycles. The topological polar surface area (TPSA) is 36.9 Å². The molecule has 2 rings (SSSR count). The van der Waals surface area contributed by atoms with Gasteiger partial charge in [0.2, 0.25) is 0 Å². The lowest BCUT2D eigenvalue weighted by molar-refractivity contribution is -0.187. The maximum atomic E-state index is 6.09. The minimum absolute atomic E-state index is 0.0111. The summed E-state index contributed by atoms with van der Waals surface area (Å²) in [5, 5.41) is 0. The molecule has 2 aliphatic rings. The fourth-order valence-electron chi connectivity index (χ4n) is 3.19. The highest BCUT2D eigenvalue weighted by atomic mass is 16.7. The van der Waals surface area contributed by atoms with E-state index in [-0.39, 0.29) is 24.8 Å². The van der Waals surface area contributed by atoms with E-state index in [1.54, 1.807) is 0 Å². The molecule has 0 bridgehead atoms. The minimum atomic E-state index is -0.0192. The normalized spacial score (nSPS) is 28.8. The highest BCUT2D eigenvalue weighted by Gasteiger charge is 2.20. The molecule has 0 amide bonds. The maximum absolute atomic E-state index is 6.09. The molecule has 0 saturated carbocycles. The molecule has 4 nitrogen and oxygen atoms in total. The van der Waals surface area contributed by atoms with Gasteiger partial charge in [0.25, 0.3) is 0 Å². The SMILES string of the molecule is C/C=C/[C@@H](CCC[C@H](C)OC1CCCCO1)OC1CCCCO1. The number of allylic oxidation sites excluding steroid dienone is 1. The molecule has 23 heavy (non-hydrogen) atoms. The van der Waals surface area contributed by atoms with Crippen molar-refractivity contribution in [2.75, 3.05) is 13.2 Å². The van der Waals surface area contributed by atoms with Crippen LogP contribution in [0, 0.1) is 0 Å². The molecule has 2 fully saturated rings. The lowest BCUT2D eigenvalue weighted by atomic mass is 10.1. The molecular weight excluding hydrogens is 292 g/mol. The highest BCUT2D eigenvalue weighted by Crippen LogP contribution is 2.20. The lowest BCUT2D eigenvalue weighted by Gasteiger charge is -2.27. The van der Waals surface area contributed by atoms with E-state index in [9.17, 15) is 0 Å². The van der Waals surface area contributed by atoms with Gasteiger partial charge < -0.3 is 18.9 Å². The zero-order valence-electron chi connectivity index (χ0n) is 14.9.